The average Bonchev–Trinajstić information content (AvgIpc) is 2.24. The summed E-state index contributed by atoms with van der Waals surface area (Å²) in [6, 6.07) is 6.04. The molecule has 0 heterocycles. The fourth-order valence-electron chi connectivity index (χ4n) is 1.28. The number of nitrogens with two attached hydrogens (primary N) is 1. The lowest BCUT2D eigenvalue weighted by Gasteiger charge is -2.07. The van der Waals surface area contributed by atoms with E-state index in [-0.39, 0.29) is 6.61 Å². The lowest BCUT2D eigenvalue weighted by atomic mass is 10.1. The number of guanidine groups is 1. The largest absolute Gasteiger partial charge is 0.396 e. The maximum atomic E-state index is 8.61. The van der Waals surface area contributed by atoms with Gasteiger partial charge in [0.05, 0.1) is 0 Å². The summed E-state index contributed by atoms with van der Waals surface area (Å²) in [4.78, 5) is 4.08. The first-order valence-electron chi connectivity index (χ1n) is 5.38. The Kier molecular flexibility index (Phi) is 4.79. The van der Waals surface area contributed by atoms with Gasteiger partial charge in [-0.15, -0.1) is 0 Å². The molecule has 4 nitrogen and oxygen atoms in total. The van der Waals surface area contributed by atoms with Gasteiger partial charge in [0.15, 0.2) is 5.96 Å². The third-order valence-electron chi connectivity index (χ3n) is 2.38. The summed E-state index contributed by atoms with van der Waals surface area (Å²) in [7, 11) is 0. The smallest absolute Gasteiger partial charge is 0.193 e. The second-order valence-electron chi connectivity index (χ2n) is 3.77. The van der Waals surface area contributed by atoms with Gasteiger partial charge in [-0.1, -0.05) is 6.07 Å². The van der Waals surface area contributed by atoms with Crippen molar-refractivity contribution in [3.8, 4) is 0 Å². The van der Waals surface area contributed by atoms with E-state index in [0.717, 1.165) is 5.69 Å². The van der Waals surface area contributed by atoms with Gasteiger partial charge in [0.2, 0.25) is 0 Å². The third-order valence-corrected chi connectivity index (χ3v) is 2.38. The molecule has 4 N–H and O–H groups in total. The molecule has 1 rings (SSSR count). The molecule has 1 aromatic carbocycles. The molecule has 0 amide bonds. The molecule has 0 aliphatic rings. The molecule has 0 fully saturated rings. The van der Waals surface area contributed by atoms with E-state index in [0.29, 0.717) is 18.9 Å². The van der Waals surface area contributed by atoms with Crippen LogP contribution in [0.4, 0.5) is 5.69 Å². The number of anilines is 1. The molecule has 0 saturated heterocycles. The van der Waals surface area contributed by atoms with Crippen molar-refractivity contribution in [3.63, 3.8) is 0 Å². The molecule has 0 unspecified atom stereocenters. The van der Waals surface area contributed by atoms with Gasteiger partial charge < -0.3 is 16.2 Å². The summed E-state index contributed by atoms with van der Waals surface area (Å²) in [6.45, 7) is 4.80. The number of aliphatic hydroxyl groups excluding tert-OH is 1. The Labute approximate surface area is 96.2 Å². The number of hydrogen-bond acceptors (Lipinski definition) is 2. The van der Waals surface area contributed by atoms with E-state index in [1.807, 2.05) is 18.2 Å². The van der Waals surface area contributed by atoms with Crippen LogP contribution in [0.15, 0.2) is 23.2 Å². The van der Waals surface area contributed by atoms with Crippen LogP contribution in [0.25, 0.3) is 0 Å². The molecule has 0 radical (unpaired) electrons. The van der Waals surface area contributed by atoms with Crippen LogP contribution >= 0.6 is 0 Å². The summed E-state index contributed by atoms with van der Waals surface area (Å²) >= 11 is 0. The Hall–Kier alpha value is -1.55. The van der Waals surface area contributed by atoms with Gasteiger partial charge in [0.25, 0.3) is 0 Å². The van der Waals surface area contributed by atoms with Gasteiger partial charge in [0.1, 0.15) is 0 Å². The predicted octanol–water partition coefficient (Wildman–Crippen LogP) is 1.41. The fourth-order valence-corrected chi connectivity index (χ4v) is 1.28. The van der Waals surface area contributed by atoms with Crippen LogP contribution in [0, 0.1) is 13.8 Å². The highest BCUT2D eigenvalue weighted by Crippen LogP contribution is 2.13. The molecule has 0 aliphatic heterocycles. The second kappa shape index (κ2) is 6.12. The Morgan fingerprint density at radius 3 is 2.75 bits per heavy atom. The fraction of sp³-hybridized carbons (Fsp3) is 0.417. The van der Waals surface area contributed by atoms with Crippen LogP contribution in [0.2, 0.25) is 0 Å². The summed E-state index contributed by atoms with van der Waals surface area (Å²) in [5.41, 5.74) is 9.10. The lowest BCUT2D eigenvalue weighted by molar-refractivity contribution is 0.291. The van der Waals surface area contributed by atoms with Gasteiger partial charge >= 0.3 is 0 Å². The SMILES string of the molecule is Cc1ccc(NC(N)=NCCCO)cc1C. The quantitative estimate of drug-likeness (QED) is 0.409. The molecule has 4 heteroatoms. The molecular formula is C12H19N3O. The van der Waals surface area contributed by atoms with E-state index in [2.05, 4.69) is 24.2 Å². The standard InChI is InChI=1S/C12H19N3O/c1-9-4-5-11(8-10(9)2)15-12(13)14-6-3-7-16/h4-5,8,16H,3,6-7H2,1-2H3,(H3,13,14,15). The van der Waals surface area contributed by atoms with Crippen LogP contribution in [0.3, 0.4) is 0 Å². The zero-order valence-electron chi connectivity index (χ0n) is 9.83. The zero-order chi connectivity index (χ0) is 12.0. The van der Waals surface area contributed by atoms with Crippen molar-refractivity contribution in [1.82, 2.24) is 0 Å². The molecule has 0 atom stereocenters. The first-order valence-corrected chi connectivity index (χ1v) is 5.38. The number of nitrogens with zero attached hydrogens (tertiary/aromatic N) is 1. The number of rotatable bonds is 4. The van der Waals surface area contributed by atoms with Gasteiger partial charge in [0, 0.05) is 18.8 Å². The molecule has 0 aliphatic carbocycles. The van der Waals surface area contributed by atoms with Crippen molar-refractivity contribution in [2.45, 2.75) is 20.3 Å². The highest BCUT2D eigenvalue weighted by Gasteiger charge is 1.97. The summed E-state index contributed by atoms with van der Waals surface area (Å²) in [5.74, 6) is 0.386. The zero-order valence-corrected chi connectivity index (χ0v) is 9.83. The lowest BCUT2D eigenvalue weighted by Crippen LogP contribution is -2.23. The van der Waals surface area contributed by atoms with Crippen LogP contribution in [0.5, 0.6) is 0 Å². The molecule has 16 heavy (non-hydrogen) atoms. The van der Waals surface area contributed by atoms with Crippen LogP contribution in [0.1, 0.15) is 17.5 Å². The van der Waals surface area contributed by atoms with Crippen molar-refractivity contribution in [1.29, 1.82) is 0 Å². The Morgan fingerprint density at radius 1 is 1.38 bits per heavy atom. The van der Waals surface area contributed by atoms with Crippen LogP contribution < -0.4 is 11.1 Å². The number of nitrogens with one attached hydrogen (secondary N) is 1. The third kappa shape index (κ3) is 3.90. The van der Waals surface area contributed by atoms with E-state index in [9.17, 15) is 0 Å². The monoisotopic (exact) mass is 221 g/mol. The minimum Gasteiger partial charge on any atom is -0.396 e. The number of hydrogen-bond donors (Lipinski definition) is 3. The van der Waals surface area contributed by atoms with Crippen LogP contribution in [-0.2, 0) is 0 Å². The molecule has 0 spiro atoms. The van der Waals surface area contributed by atoms with Gasteiger partial charge in [-0.3, -0.25) is 4.99 Å². The Bertz CT molecular complexity index is 375. The summed E-state index contributed by atoms with van der Waals surface area (Å²) in [5, 5.41) is 11.6. The minimum absolute atomic E-state index is 0.139. The summed E-state index contributed by atoms with van der Waals surface area (Å²) < 4.78 is 0. The Balaban J connectivity index is 2.59. The van der Waals surface area contributed by atoms with E-state index in [4.69, 9.17) is 10.8 Å². The second-order valence-corrected chi connectivity index (χ2v) is 3.77. The average molecular weight is 221 g/mol. The van der Waals surface area contributed by atoms with Gasteiger partial charge in [-0.25, -0.2) is 0 Å². The van der Waals surface area contributed by atoms with Crippen molar-refractivity contribution in [2.24, 2.45) is 10.7 Å². The molecule has 1 aromatic rings. The first-order chi connectivity index (χ1) is 7.63. The number of aliphatic imine (C=N–C) groups is 1. The number of benzene rings is 1. The Morgan fingerprint density at radius 2 is 2.12 bits per heavy atom. The predicted molar refractivity (Wildman–Crippen MR) is 67.7 cm³/mol. The maximum absolute atomic E-state index is 8.61. The minimum atomic E-state index is 0.139. The van der Waals surface area contributed by atoms with Crippen molar-refractivity contribution in [2.75, 3.05) is 18.5 Å². The maximum Gasteiger partial charge on any atom is 0.193 e. The molecule has 0 aromatic heterocycles. The highest BCUT2D eigenvalue weighted by atomic mass is 16.3. The highest BCUT2D eigenvalue weighted by molar-refractivity contribution is 5.92. The topological polar surface area (TPSA) is 70.6 Å². The van der Waals surface area contributed by atoms with Gasteiger partial charge in [-0.05, 0) is 43.5 Å². The molecule has 0 saturated carbocycles. The van der Waals surface area contributed by atoms with Crippen molar-refractivity contribution >= 4 is 11.6 Å². The van der Waals surface area contributed by atoms with Crippen molar-refractivity contribution in [3.05, 3.63) is 29.3 Å². The van der Waals surface area contributed by atoms with E-state index in [1.54, 1.807) is 0 Å². The normalized spacial score (nSPS) is 11.6. The number of aryl methyl sites for hydroxylation is 2. The van der Waals surface area contributed by atoms with E-state index >= 15 is 0 Å². The van der Waals surface area contributed by atoms with Crippen LogP contribution in [-0.4, -0.2) is 24.2 Å². The molecule has 88 valence electrons. The molecule has 0 bridgehead atoms. The first kappa shape index (κ1) is 12.5. The van der Waals surface area contributed by atoms with E-state index < -0.39 is 0 Å². The number of aliphatic hydroxyl groups is 1. The van der Waals surface area contributed by atoms with E-state index in [1.165, 1.54) is 11.1 Å². The summed E-state index contributed by atoms with van der Waals surface area (Å²) in [6.07, 6.45) is 0.634. The van der Waals surface area contributed by atoms with Gasteiger partial charge in [-0.2, -0.15) is 0 Å². The molecular weight excluding hydrogens is 202 g/mol. The van der Waals surface area contributed by atoms with Crippen molar-refractivity contribution < 1.29 is 5.11 Å².